The highest BCUT2D eigenvalue weighted by atomic mass is 32.2. The van der Waals surface area contributed by atoms with Crippen molar-refractivity contribution < 1.29 is 8.42 Å². The molecule has 0 bridgehead atoms. The topological polar surface area (TPSA) is 61.4 Å². The Morgan fingerprint density at radius 2 is 2.23 bits per heavy atom. The molecular weight excluding hydrogens is 318 g/mol. The highest BCUT2D eigenvalue weighted by Crippen LogP contribution is 2.55. The molecule has 1 saturated heterocycles. The molecule has 1 atom stereocenters. The largest absolute Gasteiger partial charge is 0.317 e. The van der Waals surface area contributed by atoms with Crippen molar-refractivity contribution in [2.24, 2.45) is 5.41 Å². The van der Waals surface area contributed by atoms with Crippen LogP contribution in [0, 0.1) is 5.41 Å². The summed E-state index contributed by atoms with van der Waals surface area (Å²) in [6, 6.07) is 2.77. The van der Waals surface area contributed by atoms with Crippen molar-refractivity contribution in [3.63, 3.8) is 0 Å². The second-order valence-electron chi connectivity index (χ2n) is 6.60. The predicted molar refractivity (Wildman–Crippen MR) is 90.5 cm³/mol. The Labute approximate surface area is 137 Å². The van der Waals surface area contributed by atoms with Crippen molar-refractivity contribution >= 4 is 21.4 Å². The van der Waals surface area contributed by atoms with E-state index >= 15 is 0 Å². The van der Waals surface area contributed by atoms with Crippen molar-refractivity contribution in [3.05, 3.63) is 22.4 Å². The Kier molecular flexibility index (Phi) is 4.89. The summed E-state index contributed by atoms with van der Waals surface area (Å²) >= 11 is 1.72. The summed E-state index contributed by atoms with van der Waals surface area (Å²) in [6.45, 7) is 4.43. The molecule has 5 nitrogen and oxygen atoms in total. The van der Waals surface area contributed by atoms with Gasteiger partial charge < -0.3 is 5.32 Å². The van der Waals surface area contributed by atoms with Gasteiger partial charge in [-0.3, -0.25) is 4.90 Å². The molecule has 0 radical (unpaired) electrons. The van der Waals surface area contributed by atoms with Crippen molar-refractivity contribution in [1.82, 2.24) is 14.9 Å². The van der Waals surface area contributed by atoms with Gasteiger partial charge in [0, 0.05) is 25.7 Å². The van der Waals surface area contributed by atoms with Gasteiger partial charge in [-0.1, -0.05) is 0 Å². The van der Waals surface area contributed by atoms with E-state index < -0.39 is 10.0 Å². The SMILES string of the molecule is CS(=O)(=O)NCCN(Cc1ccsc1)[C@@H]1CC12CCNCC2. The van der Waals surface area contributed by atoms with Gasteiger partial charge in [0.05, 0.1) is 6.26 Å². The number of hydrogen-bond acceptors (Lipinski definition) is 5. The van der Waals surface area contributed by atoms with E-state index in [-0.39, 0.29) is 0 Å². The summed E-state index contributed by atoms with van der Waals surface area (Å²) in [5.41, 5.74) is 1.81. The van der Waals surface area contributed by atoms with E-state index in [1.54, 1.807) is 11.3 Å². The molecule has 1 spiro atoms. The van der Waals surface area contributed by atoms with Crippen LogP contribution in [0.4, 0.5) is 0 Å². The van der Waals surface area contributed by atoms with Gasteiger partial charge in [0.25, 0.3) is 0 Å². The second kappa shape index (κ2) is 6.57. The Morgan fingerprint density at radius 3 is 2.86 bits per heavy atom. The van der Waals surface area contributed by atoms with E-state index in [1.165, 1.54) is 31.1 Å². The summed E-state index contributed by atoms with van der Waals surface area (Å²) in [5.74, 6) is 0. The van der Waals surface area contributed by atoms with Gasteiger partial charge >= 0.3 is 0 Å². The number of thiophene rings is 1. The van der Waals surface area contributed by atoms with E-state index in [0.29, 0.717) is 18.0 Å². The highest BCUT2D eigenvalue weighted by molar-refractivity contribution is 7.88. The molecule has 124 valence electrons. The molecule has 7 heteroatoms. The molecule has 22 heavy (non-hydrogen) atoms. The first-order valence-corrected chi connectivity index (χ1v) is 10.7. The number of hydrogen-bond donors (Lipinski definition) is 2. The van der Waals surface area contributed by atoms with Gasteiger partial charge in [0.2, 0.25) is 10.0 Å². The van der Waals surface area contributed by atoms with Crippen LogP contribution >= 0.6 is 11.3 Å². The first-order chi connectivity index (χ1) is 10.5. The Balaban J connectivity index is 1.61. The molecule has 1 aromatic heterocycles. The van der Waals surface area contributed by atoms with E-state index in [0.717, 1.165) is 26.2 Å². The van der Waals surface area contributed by atoms with Crippen LogP contribution in [0.25, 0.3) is 0 Å². The molecule has 2 aliphatic rings. The molecule has 0 aromatic carbocycles. The van der Waals surface area contributed by atoms with Crippen molar-refractivity contribution in [3.8, 4) is 0 Å². The fourth-order valence-corrected chi connectivity index (χ4v) is 4.76. The minimum Gasteiger partial charge on any atom is -0.317 e. The molecular formula is C15H25N3O2S2. The van der Waals surface area contributed by atoms with E-state index in [2.05, 4.69) is 31.8 Å². The molecule has 0 amide bonds. The van der Waals surface area contributed by atoms with Gasteiger partial charge in [-0.25, -0.2) is 13.1 Å². The predicted octanol–water partition coefficient (Wildman–Crippen LogP) is 1.24. The summed E-state index contributed by atoms with van der Waals surface area (Å²) < 4.78 is 25.2. The number of rotatable bonds is 7. The van der Waals surface area contributed by atoms with Crippen LogP contribution in [0.5, 0.6) is 0 Å². The van der Waals surface area contributed by atoms with E-state index in [9.17, 15) is 8.42 Å². The molecule has 1 aromatic rings. The van der Waals surface area contributed by atoms with Crippen molar-refractivity contribution in [2.45, 2.75) is 31.8 Å². The van der Waals surface area contributed by atoms with Crippen molar-refractivity contribution in [2.75, 3.05) is 32.4 Å². The van der Waals surface area contributed by atoms with Gasteiger partial charge in [0.1, 0.15) is 0 Å². The maximum atomic E-state index is 11.3. The molecule has 1 aliphatic heterocycles. The molecule has 1 aliphatic carbocycles. The van der Waals surface area contributed by atoms with Gasteiger partial charge in [-0.05, 0) is 60.2 Å². The second-order valence-corrected chi connectivity index (χ2v) is 9.21. The van der Waals surface area contributed by atoms with Gasteiger partial charge in [-0.15, -0.1) is 0 Å². The van der Waals surface area contributed by atoms with Gasteiger partial charge in [0.15, 0.2) is 0 Å². The average Bonchev–Trinajstić information content (AvgIpc) is 2.91. The third-order valence-corrected chi connectivity index (χ3v) is 6.38. The summed E-state index contributed by atoms with van der Waals surface area (Å²) in [5, 5.41) is 7.74. The highest BCUT2D eigenvalue weighted by Gasteiger charge is 2.56. The maximum Gasteiger partial charge on any atom is 0.208 e. The quantitative estimate of drug-likeness (QED) is 0.782. The molecule has 2 fully saturated rings. The lowest BCUT2D eigenvalue weighted by atomic mass is 9.93. The number of nitrogens with zero attached hydrogens (tertiary/aromatic N) is 1. The molecule has 1 saturated carbocycles. The Morgan fingerprint density at radius 1 is 1.45 bits per heavy atom. The lowest BCUT2D eigenvalue weighted by molar-refractivity contribution is 0.198. The van der Waals surface area contributed by atoms with Crippen LogP contribution < -0.4 is 10.0 Å². The zero-order valence-electron chi connectivity index (χ0n) is 13.0. The molecule has 3 rings (SSSR count). The summed E-state index contributed by atoms with van der Waals surface area (Å²) in [6.07, 6.45) is 4.98. The standard InChI is InChI=1S/C15H25N3O2S2/c1-22(19,20)17-7-8-18(11-13-2-9-21-12-13)14-10-15(14)3-5-16-6-4-15/h2,9,12,14,16-17H,3-8,10-11H2,1H3/t14-/m1/s1. The van der Waals surface area contributed by atoms with Crippen LogP contribution in [0.15, 0.2) is 16.8 Å². The van der Waals surface area contributed by atoms with Crippen LogP contribution in [-0.4, -0.2) is 51.8 Å². The zero-order valence-corrected chi connectivity index (χ0v) is 14.7. The zero-order chi connectivity index (χ0) is 15.6. The van der Waals surface area contributed by atoms with Crippen molar-refractivity contribution in [1.29, 1.82) is 0 Å². The average molecular weight is 344 g/mol. The monoisotopic (exact) mass is 343 g/mol. The Bertz CT molecular complexity index is 580. The normalized spacial score (nSPS) is 24.0. The van der Waals surface area contributed by atoms with E-state index in [4.69, 9.17) is 0 Å². The summed E-state index contributed by atoms with van der Waals surface area (Å²) in [7, 11) is -3.11. The minimum atomic E-state index is -3.11. The fraction of sp³-hybridized carbons (Fsp3) is 0.733. The third-order valence-electron chi connectivity index (χ3n) is 4.92. The smallest absolute Gasteiger partial charge is 0.208 e. The maximum absolute atomic E-state index is 11.3. The van der Waals surface area contributed by atoms with Crippen LogP contribution in [-0.2, 0) is 16.6 Å². The van der Waals surface area contributed by atoms with Crippen LogP contribution in [0.1, 0.15) is 24.8 Å². The summed E-state index contributed by atoms with van der Waals surface area (Å²) in [4.78, 5) is 2.48. The first-order valence-electron chi connectivity index (χ1n) is 7.89. The van der Waals surface area contributed by atoms with Gasteiger partial charge in [-0.2, -0.15) is 11.3 Å². The Hall–Kier alpha value is -0.470. The number of piperidine rings is 1. The third kappa shape index (κ3) is 4.08. The molecule has 0 unspecified atom stereocenters. The minimum absolute atomic E-state index is 0.479. The fourth-order valence-electron chi connectivity index (χ4n) is 3.64. The first kappa shape index (κ1) is 16.4. The number of nitrogens with one attached hydrogen (secondary N) is 2. The number of sulfonamides is 1. The molecule has 2 N–H and O–H groups in total. The van der Waals surface area contributed by atoms with E-state index in [1.807, 2.05) is 0 Å². The lowest BCUT2D eigenvalue weighted by Gasteiger charge is -2.29. The lowest BCUT2D eigenvalue weighted by Crippen LogP contribution is -2.39. The molecule has 2 heterocycles. The van der Waals surface area contributed by atoms with Crippen LogP contribution in [0.3, 0.4) is 0 Å². The van der Waals surface area contributed by atoms with Crippen LogP contribution in [0.2, 0.25) is 0 Å².